The van der Waals surface area contributed by atoms with Gasteiger partial charge in [0.25, 0.3) is 5.91 Å². The summed E-state index contributed by atoms with van der Waals surface area (Å²) in [7, 11) is 0. The SMILES string of the molecule is O=C(COc1ccc(Br)cc1Cl)NC(CC(F)F)C(=O)O. The lowest BCUT2D eigenvalue weighted by atomic mass is 10.2. The minimum Gasteiger partial charge on any atom is -0.482 e. The van der Waals surface area contributed by atoms with Gasteiger partial charge in [-0.25, -0.2) is 13.6 Å². The zero-order valence-corrected chi connectivity index (χ0v) is 12.8. The number of carboxylic acids is 1. The molecule has 1 atom stereocenters. The summed E-state index contributed by atoms with van der Waals surface area (Å²) in [6, 6.07) is 3.02. The highest BCUT2D eigenvalue weighted by atomic mass is 79.9. The van der Waals surface area contributed by atoms with Gasteiger partial charge in [-0.3, -0.25) is 4.79 Å². The highest BCUT2D eigenvalue weighted by Gasteiger charge is 2.24. The molecule has 0 radical (unpaired) electrons. The van der Waals surface area contributed by atoms with Crippen LogP contribution < -0.4 is 10.1 Å². The number of aliphatic carboxylic acids is 1. The van der Waals surface area contributed by atoms with E-state index in [4.69, 9.17) is 21.4 Å². The van der Waals surface area contributed by atoms with Crippen molar-refractivity contribution in [2.24, 2.45) is 0 Å². The second-order valence-electron chi connectivity index (χ2n) is 3.95. The van der Waals surface area contributed by atoms with Crippen molar-refractivity contribution in [3.05, 3.63) is 27.7 Å². The zero-order valence-electron chi connectivity index (χ0n) is 10.5. The van der Waals surface area contributed by atoms with Crippen molar-refractivity contribution >= 4 is 39.4 Å². The van der Waals surface area contributed by atoms with Gasteiger partial charge in [-0.2, -0.15) is 0 Å². The van der Waals surface area contributed by atoms with Crippen molar-refractivity contribution in [1.82, 2.24) is 5.32 Å². The highest BCUT2D eigenvalue weighted by Crippen LogP contribution is 2.27. The molecule has 0 aliphatic rings. The Hall–Kier alpha value is -1.41. The van der Waals surface area contributed by atoms with Gasteiger partial charge in [-0.15, -0.1) is 0 Å². The first-order chi connectivity index (χ1) is 9.79. The van der Waals surface area contributed by atoms with Crippen LogP contribution in [0.15, 0.2) is 22.7 Å². The van der Waals surface area contributed by atoms with Gasteiger partial charge >= 0.3 is 5.97 Å². The molecule has 116 valence electrons. The quantitative estimate of drug-likeness (QED) is 0.755. The van der Waals surface area contributed by atoms with Gasteiger partial charge in [0.15, 0.2) is 6.61 Å². The fraction of sp³-hybridized carbons (Fsp3) is 0.333. The van der Waals surface area contributed by atoms with E-state index < -0.39 is 37.4 Å². The number of benzene rings is 1. The van der Waals surface area contributed by atoms with E-state index >= 15 is 0 Å². The molecule has 0 heterocycles. The van der Waals surface area contributed by atoms with Crippen LogP contribution in [-0.2, 0) is 9.59 Å². The van der Waals surface area contributed by atoms with Gasteiger partial charge in [-0.05, 0) is 18.2 Å². The van der Waals surface area contributed by atoms with Gasteiger partial charge in [0.1, 0.15) is 11.8 Å². The Morgan fingerprint density at radius 3 is 2.62 bits per heavy atom. The summed E-state index contributed by atoms with van der Waals surface area (Å²) in [5, 5.41) is 10.9. The summed E-state index contributed by atoms with van der Waals surface area (Å²) in [4.78, 5) is 22.2. The van der Waals surface area contributed by atoms with E-state index in [1.807, 2.05) is 5.32 Å². The maximum Gasteiger partial charge on any atom is 0.326 e. The Labute approximate surface area is 132 Å². The number of carbonyl (C=O) groups is 2. The fourth-order valence-corrected chi connectivity index (χ4v) is 2.10. The van der Waals surface area contributed by atoms with Gasteiger partial charge < -0.3 is 15.2 Å². The summed E-state index contributed by atoms with van der Waals surface area (Å²) < 4.78 is 30.1. The first-order valence-corrected chi connectivity index (χ1v) is 6.85. The van der Waals surface area contributed by atoms with Crippen LogP contribution in [0.2, 0.25) is 5.02 Å². The molecule has 9 heteroatoms. The smallest absolute Gasteiger partial charge is 0.326 e. The van der Waals surface area contributed by atoms with E-state index in [0.717, 1.165) is 0 Å². The number of hydrogen-bond donors (Lipinski definition) is 2. The number of nitrogens with one attached hydrogen (secondary N) is 1. The lowest BCUT2D eigenvalue weighted by Gasteiger charge is -2.14. The molecule has 2 N–H and O–H groups in total. The summed E-state index contributed by atoms with van der Waals surface area (Å²) >= 11 is 9.05. The normalized spacial score (nSPS) is 12.0. The van der Waals surface area contributed by atoms with Gasteiger partial charge in [-0.1, -0.05) is 27.5 Å². The van der Waals surface area contributed by atoms with E-state index in [0.29, 0.717) is 4.47 Å². The Balaban J connectivity index is 2.54. The molecular weight excluding hydrogens is 375 g/mol. The first-order valence-electron chi connectivity index (χ1n) is 5.67. The maximum atomic E-state index is 12.2. The molecule has 1 amide bonds. The standard InChI is InChI=1S/C12H11BrClF2NO4/c13-6-1-2-9(7(14)3-6)21-5-11(18)17-8(12(19)20)4-10(15)16/h1-3,8,10H,4-5H2,(H,17,18)(H,19,20). The van der Waals surface area contributed by atoms with Crippen molar-refractivity contribution in [2.75, 3.05) is 6.61 Å². The van der Waals surface area contributed by atoms with Gasteiger partial charge in [0.05, 0.1) is 5.02 Å². The van der Waals surface area contributed by atoms with Gasteiger partial charge in [0, 0.05) is 10.9 Å². The van der Waals surface area contributed by atoms with E-state index in [2.05, 4.69) is 15.9 Å². The second-order valence-corrected chi connectivity index (χ2v) is 5.27. The third kappa shape index (κ3) is 6.26. The largest absolute Gasteiger partial charge is 0.482 e. The van der Waals surface area contributed by atoms with Crippen molar-refractivity contribution < 1.29 is 28.2 Å². The van der Waals surface area contributed by atoms with Crippen LogP contribution in [-0.4, -0.2) is 36.1 Å². The summed E-state index contributed by atoms with van der Waals surface area (Å²) in [5.74, 6) is -2.15. The summed E-state index contributed by atoms with van der Waals surface area (Å²) in [6.07, 6.45) is -3.81. The highest BCUT2D eigenvalue weighted by molar-refractivity contribution is 9.10. The summed E-state index contributed by atoms with van der Waals surface area (Å²) in [5.41, 5.74) is 0. The number of alkyl halides is 2. The minimum absolute atomic E-state index is 0.218. The van der Waals surface area contributed by atoms with Crippen molar-refractivity contribution in [3.63, 3.8) is 0 Å². The van der Waals surface area contributed by atoms with Crippen LogP contribution in [0.25, 0.3) is 0 Å². The lowest BCUT2D eigenvalue weighted by Crippen LogP contribution is -2.44. The number of ether oxygens (including phenoxy) is 1. The third-order valence-corrected chi connectivity index (χ3v) is 3.09. The third-order valence-electron chi connectivity index (χ3n) is 2.30. The number of carboxylic acid groups (broad SMARTS) is 1. The predicted molar refractivity (Wildman–Crippen MR) is 74.8 cm³/mol. The fourth-order valence-electron chi connectivity index (χ4n) is 1.37. The van der Waals surface area contributed by atoms with E-state index in [1.54, 1.807) is 12.1 Å². The predicted octanol–water partition coefficient (Wildman–Crippen LogP) is 2.71. The number of hydrogen-bond acceptors (Lipinski definition) is 3. The molecule has 1 unspecified atom stereocenters. The van der Waals surface area contributed by atoms with Crippen LogP contribution in [0.3, 0.4) is 0 Å². The Morgan fingerprint density at radius 2 is 2.10 bits per heavy atom. The molecule has 21 heavy (non-hydrogen) atoms. The Bertz CT molecular complexity index is 530. The Kier molecular flexibility index (Phi) is 6.83. The molecule has 1 aromatic rings. The minimum atomic E-state index is -2.84. The van der Waals surface area contributed by atoms with E-state index in [1.165, 1.54) is 6.07 Å². The molecule has 0 bridgehead atoms. The molecule has 0 spiro atoms. The van der Waals surface area contributed by atoms with Crippen molar-refractivity contribution in [3.8, 4) is 5.75 Å². The van der Waals surface area contributed by atoms with Gasteiger partial charge in [0.2, 0.25) is 6.43 Å². The number of amides is 1. The Morgan fingerprint density at radius 1 is 1.43 bits per heavy atom. The van der Waals surface area contributed by atoms with E-state index in [9.17, 15) is 18.4 Å². The molecule has 5 nitrogen and oxygen atoms in total. The lowest BCUT2D eigenvalue weighted by molar-refractivity contribution is -0.143. The van der Waals surface area contributed by atoms with Crippen molar-refractivity contribution in [2.45, 2.75) is 18.9 Å². The number of rotatable bonds is 7. The number of carbonyl (C=O) groups excluding carboxylic acids is 1. The zero-order chi connectivity index (χ0) is 16.0. The van der Waals surface area contributed by atoms with Crippen LogP contribution in [0, 0.1) is 0 Å². The molecular formula is C12H11BrClF2NO4. The monoisotopic (exact) mass is 385 g/mol. The average molecular weight is 387 g/mol. The van der Waals surface area contributed by atoms with Crippen LogP contribution in [0.5, 0.6) is 5.75 Å². The topological polar surface area (TPSA) is 75.6 Å². The maximum absolute atomic E-state index is 12.2. The van der Waals surface area contributed by atoms with Crippen LogP contribution >= 0.6 is 27.5 Å². The molecule has 0 aromatic heterocycles. The second kappa shape index (κ2) is 8.14. The van der Waals surface area contributed by atoms with Crippen LogP contribution in [0.1, 0.15) is 6.42 Å². The molecule has 0 aliphatic carbocycles. The van der Waals surface area contributed by atoms with Crippen molar-refractivity contribution in [1.29, 1.82) is 0 Å². The van der Waals surface area contributed by atoms with Crippen LogP contribution in [0.4, 0.5) is 8.78 Å². The number of halogens is 4. The molecule has 0 saturated carbocycles. The molecule has 1 rings (SSSR count). The average Bonchev–Trinajstić information content (AvgIpc) is 2.36. The molecule has 0 fully saturated rings. The molecule has 1 aromatic carbocycles. The molecule has 0 aliphatic heterocycles. The van der Waals surface area contributed by atoms with E-state index in [-0.39, 0.29) is 10.8 Å². The summed E-state index contributed by atoms with van der Waals surface area (Å²) in [6.45, 7) is -0.533. The first kappa shape index (κ1) is 17.6. The molecule has 0 saturated heterocycles.